The van der Waals surface area contributed by atoms with Gasteiger partial charge in [-0.05, 0) is 56.3 Å². The maximum Gasteiger partial charge on any atom is 0.00218 e. The zero-order valence-electron chi connectivity index (χ0n) is 11.9. The summed E-state index contributed by atoms with van der Waals surface area (Å²) in [6.45, 7) is 11.9. The van der Waals surface area contributed by atoms with Gasteiger partial charge in [0.05, 0.1) is 0 Å². The average molecular weight is 258 g/mol. The van der Waals surface area contributed by atoms with E-state index in [1.165, 1.54) is 56.9 Å². The minimum atomic E-state index is 0.631. The van der Waals surface area contributed by atoms with Gasteiger partial charge < -0.3 is 10.2 Å². The molecule has 1 unspecified atom stereocenters. The zero-order valence-corrected chi connectivity index (χ0v) is 12.7. The van der Waals surface area contributed by atoms with Gasteiger partial charge in [0, 0.05) is 12.6 Å². The molecule has 1 saturated heterocycles. The van der Waals surface area contributed by atoms with Crippen molar-refractivity contribution in [3.05, 3.63) is 0 Å². The van der Waals surface area contributed by atoms with Crippen molar-refractivity contribution < 1.29 is 0 Å². The third-order valence-electron chi connectivity index (χ3n) is 3.39. The van der Waals surface area contributed by atoms with Crippen molar-refractivity contribution in [1.29, 1.82) is 0 Å². The first-order valence-electron chi connectivity index (χ1n) is 7.25. The highest BCUT2D eigenvalue weighted by Crippen LogP contribution is 2.16. The van der Waals surface area contributed by atoms with E-state index < -0.39 is 0 Å². The Morgan fingerprint density at radius 3 is 2.94 bits per heavy atom. The number of hydrogen-bond donors (Lipinski definition) is 1. The first kappa shape index (κ1) is 15.3. The van der Waals surface area contributed by atoms with Crippen LogP contribution >= 0.6 is 11.8 Å². The number of thioether (sulfide) groups is 1. The number of piperidine rings is 1. The number of likely N-dealkylation sites (tertiary alicyclic amines) is 1. The summed E-state index contributed by atoms with van der Waals surface area (Å²) in [6, 6.07) is 0.631. The molecule has 102 valence electrons. The highest BCUT2D eigenvalue weighted by Gasteiger charge is 2.19. The SMILES string of the molecule is CCSCCCN1CCCC(CNC(C)C)C1. The van der Waals surface area contributed by atoms with Crippen LogP contribution in [0.15, 0.2) is 0 Å². The van der Waals surface area contributed by atoms with Crippen LogP contribution in [-0.4, -0.2) is 48.6 Å². The fourth-order valence-corrected chi connectivity index (χ4v) is 3.08. The molecule has 0 aliphatic carbocycles. The molecule has 1 fully saturated rings. The number of nitrogens with one attached hydrogen (secondary N) is 1. The minimum absolute atomic E-state index is 0.631. The highest BCUT2D eigenvalue weighted by molar-refractivity contribution is 7.99. The second-order valence-corrected chi connectivity index (χ2v) is 6.82. The monoisotopic (exact) mass is 258 g/mol. The van der Waals surface area contributed by atoms with Crippen molar-refractivity contribution in [3.63, 3.8) is 0 Å². The van der Waals surface area contributed by atoms with E-state index in [9.17, 15) is 0 Å². The topological polar surface area (TPSA) is 15.3 Å². The molecule has 0 amide bonds. The fraction of sp³-hybridized carbons (Fsp3) is 1.00. The summed E-state index contributed by atoms with van der Waals surface area (Å²) >= 11 is 2.07. The molecule has 1 heterocycles. The van der Waals surface area contributed by atoms with Crippen molar-refractivity contribution >= 4 is 11.8 Å². The Morgan fingerprint density at radius 1 is 1.41 bits per heavy atom. The normalized spacial score (nSPS) is 22.2. The van der Waals surface area contributed by atoms with Crippen molar-refractivity contribution in [2.24, 2.45) is 5.92 Å². The smallest absolute Gasteiger partial charge is 0.00218 e. The highest BCUT2D eigenvalue weighted by atomic mass is 32.2. The quantitative estimate of drug-likeness (QED) is 0.674. The van der Waals surface area contributed by atoms with Gasteiger partial charge in [-0.3, -0.25) is 0 Å². The third kappa shape index (κ3) is 7.32. The van der Waals surface area contributed by atoms with Gasteiger partial charge in [0.1, 0.15) is 0 Å². The molecule has 0 aromatic rings. The summed E-state index contributed by atoms with van der Waals surface area (Å²) in [5.74, 6) is 3.48. The van der Waals surface area contributed by atoms with Crippen molar-refractivity contribution in [2.45, 2.75) is 46.1 Å². The molecule has 1 aliphatic rings. The van der Waals surface area contributed by atoms with E-state index in [4.69, 9.17) is 0 Å². The lowest BCUT2D eigenvalue weighted by atomic mass is 9.97. The molecule has 1 N–H and O–H groups in total. The summed E-state index contributed by atoms with van der Waals surface area (Å²) in [7, 11) is 0. The first-order chi connectivity index (χ1) is 8.22. The van der Waals surface area contributed by atoms with Crippen LogP contribution in [0.5, 0.6) is 0 Å². The van der Waals surface area contributed by atoms with Crippen molar-refractivity contribution in [2.75, 3.05) is 37.7 Å². The summed E-state index contributed by atoms with van der Waals surface area (Å²) in [6.07, 6.45) is 4.17. The standard InChI is InChI=1S/C14H30N2S/c1-4-17-10-6-9-16-8-5-7-14(12-16)11-15-13(2)3/h13-15H,4-12H2,1-3H3. The lowest BCUT2D eigenvalue weighted by Gasteiger charge is -2.33. The zero-order chi connectivity index (χ0) is 12.5. The molecule has 0 radical (unpaired) electrons. The Hall–Kier alpha value is 0.270. The summed E-state index contributed by atoms with van der Waals surface area (Å²) in [5.41, 5.74) is 0. The molecule has 0 saturated carbocycles. The van der Waals surface area contributed by atoms with Gasteiger partial charge in [-0.25, -0.2) is 0 Å². The fourth-order valence-electron chi connectivity index (χ4n) is 2.46. The number of hydrogen-bond acceptors (Lipinski definition) is 3. The predicted molar refractivity (Wildman–Crippen MR) is 79.9 cm³/mol. The molecule has 1 rings (SSSR count). The van der Waals surface area contributed by atoms with Crippen LogP contribution < -0.4 is 5.32 Å². The van der Waals surface area contributed by atoms with Gasteiger partial charge >= 0.3 is 0 Å². The summed E-state index contributed by atoms with van der Waals surface area (Å²) in [4.78, 5) is 2.67. The Kier molecular flexibility index (Phi) is 8.33. The van der Waals surface area contributed by atoms with Crippen LogP contribution in [-0.2, 0) is 0 Å². The molecule has 0 spiro atoms. The summed E-state index contributed by atoms with van der Waals surface area (Å²) in [5, 5.41) is 3.58. The Bertz CT molecular complexity index is 185. The average Bonchev–Trinajstić information content (AvgIpc) is 2.33. The predicted octanol–water partition coefficient (Wildman–Crippen LogP) is 2.84. The maximum atomic E-state index is 3.58. The van der Waals surface area contributed by atoms with Crippen LogP contribution in [0.1, 0.15) is 40.0 Å². The molecule has 2 nitrogen and oxygen atoms in total. The molecule has 17 heavy (non-hydrogen) atoms. The largest absolute Gasteiger partial charge is 0.314 e. The van der Waals surface area contributed by atoms with Gasteiger partial charge in [0.2, 0.25) is 0 Å². The van der Waals surface area contributed by atoms with Crippen LogP contribution in [0.2, 0.25) is 0 Å². The molecule has 0 bridgehead atoms. The van der Waals surface area contributed by atoms with E-state index >= 15 is 0 Å². The second-order valence-electron chi connectivity index (χ2n) is 5.42. The van der Waals surface area contributed by atoms with E-state index in [-0.39, 0.29) is 0 Å². The lowest BCUT2D eigenvalue weighted by Crippen LogP contribution is -2.41. The Balaban J connectivity index is 2.10. The Morgan fingerprint density at radius 2 is 2.24 bits per heavy atom. The van der Waals surface area contributed by atoms with Gasteiger partial charge in [0.15, 0.2) is 0 Å². The second kappa shape index (κ2) is 9.23. The van der Waals surface area contributed by atoms with Crippen molar-refractivity contribution in [3.8, 4) is 0 Å². The molecule has 0 aromatic heterocycles. The van der Waals surface area contributed by atoms with E-state index in [0.29, 0.717) is 6.04 Å². The molecule has 0 aromatic carbocycles. The lowest BCUT2D eigenvalue weighted by molar-refractivity contribution is 0.171. The van der Waals surface area contributed by atoms with Crippen molar-refractivity contribution in [1.82, 2.24) is 10.2 Å². The van der Waals surface area contributed by atoms with Crippen LogP contribution in [0.4, 0.5) is 0 Å². The number of nitrogens with zero attached hydrogens (tertiary/aromatic N) is 1. The first-order valence-corrected chi connectivity index (χ1v) is 8.41. The minimum Gasteiger partial charge on any atom is -0.314 e. The van der Waals surface area contributed by atoms with Gasteiger partial charge in [-0.1, -0.05) is 20.8 Å². The van der Waals surface area contributed by atoms with E-state index in [1.807, 2.05) is 0 Å². The van der Waals surface area contributed by atoms with Gasteiger partial charge in [-0.2, -0.15) is 11.8 Å². The third-order valence-corrected chi connectivity index (χ3v) is 4.37. The van der Waals surface area contributed by atoms with Gasteiger partial charge in [-0.15, -0.1) is 0 Å². The molecular formula is C14H30N2S. The summed E-state index contributed by atoms with van der Waals surface area (Å²) < 4.78 is 0. The van der Waals surface area contributed by atoms with Crippen LogP contribution in [0.3, 0.4) is 0 Å². The molecule has 1 aliphatic heterocycles. The molecule has 1 atom stereocenters. The van der Waals surface area contributed by atoms with Crippen LogP contribution in [0, 0.1) is 5.92 Å². The molecular weight excluding hydrogens is 228 g/mol. The van der Waals surface area contributed by atoms with E-state index in [1.54, 1.807) is 0 Å². The van der Waals surface area contributed by atoms with Crippen LogP contribution in [0.25, 0.3) is 0 Å². The maximum absolute atomic E-state index is 3.58. The van der Waals surface area contributed by atoms with E-state index in [0.717, 1.165) is 5.92 Å². The molecule has 3 heteroatoms. The Labute approximate surface area is 112 Å². The van der Waals surface area contributed by atoms with Gasteiger partial charge in [0.25, 0.3) is 0 Å². The van der Waals surface area contributed by atoms with E-state index in [2.05, 4.69) is 42.7 Å². The number of rotatable bonds is 8.